The number of carboxylic acids is 1. The van der Waals surface area contributed by atoms with Gasteiger partial charge in [-0.1, -0.05) is 0 Å². The zero-order chi connectivity index (χ0) is 11.0. The van der Waals surface area contributed by atoms with E-state index in [4.69, 9.17) is 9.84 Å². The van der Waals surface area contributed by atoms with Crippen LogP contribution in [-0.2, 0) is 4.79 Å². The molecule has 1 aromatic rings. The molecule has 0 unspecified atom stereocenters. The minimum Gasteiger partial charge on any atom is -0.488 e. The summed E-state index contributed by atoms with van der Waals surface area (Å²) in [4.78, 5) is 10.6. The van der Waals surface area contributed by atoms with E-state index in [1.54, 1.807) is 0 Å². The second-order valence-corrected chi connectivity index (χ2v) is 3.07. The van der Waals surface area contributed by atoms with Crippen molar-refractivity contribution in [2.75, 3.05) is 6.61 Å². The van der Waals surface area contributed by atoms with Crippen LogP contribution >= 0.6 is 0 Å². The van der Waals surface area contributed by atoms with Crippen molar-refractivity contribution in [1.29, 1.82) is 0 Å². The molecule has 0 atom stereocenters. The van der Waals surface area contributed by atoms with Crippen molar-refractivity contribution in [2.24, 2.45) is 0 Å². The normalized spacial score (nSPS) is 13.9. The number of hydrogen-bond acceptors (Lipinski definition) is 2. The van der Waals surface area contributed by atoms with E-state index in [-0.39, 0.29) is 23.5 Å². The number of rotatable bonds is 1. The van der Waals surface area contributed by atoms with Gasteiger partial charge in [0.2, 0.25) is 0 Å². The number of fused-ring (bicyclic) bond motifs is 1. The minimum absolute atomic E-state index is 0.00788. The molecule has 1 aliphatic heterocycles. The molecule has 0 radical (unpaired) electrons. The summed E-state index contributed by atoms with van der Waals surface area (Å²) in [7, 11) is 0. The van der Waals surface area contributed by atoms with Gasteiger partial charge in [0.05, 0.1) is 5.57 Å². The average molecular weight is 212 g/mol. The Labute approximate surface area is 83.6 Å². The van der Waals surface area contributed by atoms with E-state index in [1.807, 2.05) is 0 Å². The Morgan fingerprint density at radius 2 is 2.00 bits per heavy atom. The summed E-state index contributed by atoms with van der Waals surface area (Å²) in [5, 5.41) is 8.67. The molecule has 0 aliphatic carbocycles. The van der Waals surface area contributed by atoms with Gasteiger partial charge in [-0.3, -0.25) is 0 Å². The number of carboxylic acid groups (broad SMARTS) is 1. The van der Waals surface area contributed by atoms with Crippen LogP contribution in [0.4, 0.5) is 8.78 Å². The predicted octanol–water partition coefficient (Wildman–Crippen LogP) is 1.83. The third-order valence-corrected chi connectivity index (χ3v) is 2.04. The van der Waals surface area contributed by atoms with Gasteiger partial charge < -0.3 is 9.84 Å². The van der Waals surface area contributed by atoms with Gasteiger partial charge in [-0.25, -0.2) is 13.6 Å². The molecule has 78 valence electrons. The summed E-state index contributed by atoms with van der Waals surface area (Å²) >= 11 is 0. The number of halogens is 2. The Morgan fingerprint density at radius 3 is 2.67 bits per heavy atom. The molecule has 1 N–H and O–H groups in total. The maximum Gasteiger partial charge on any atom is 0.335 e. The van der Waals surface area contributed by atoms with Gasteiger partial charge in [-0.2, -0.15) is 0 Å². The van der Waals surface area contributed by atoms with Gasteiger partial charge in [0.15, 0.2) is 11.6 Å². The Kier molecular flexibility index (Phi) is 2.15. The molecule has 1 aromatic carbocycles. The lowest BCUT2D eigenvalue weighted by Crippen LogP contribution is -2.14. The largest absolute Gasteiger partial charge is 0.488 e. The van der Waals surface area contributed by atoms with Gasteiger partial charge in [0, 0.05) is 11.6 Å². The molecule has 2 rings (SSSR count). The number of carbonyl (C=O) groups is 1. The molecule has 0 saturated carbocycles. The first-order chi connectivity index (χ1) is 7.08. The number of ether oxygens (including phenoxy) is 1. The molecule has 0 saturated heterocycles. The van der Waals surface area contributed by atoms with Gasteiger partial charge in [-0.05, 0) is 12.1 Å². The third kappa shape index (κ3) is 1.68. The molecule has 0 fully saturated rings. The molecule has 1 aliphatic rings. The topological polar surface area (TPSA) is 46.5 Å². The van der Waals surface area contributed by atoms with E-state index in [2.05, 4.69) is 0 Å². The van der Waals surface area contributed by atoms with Gasteiger partial charge in [0.1, 0.15) is 12.4 Å². The van der Waals surface area contributed by atoms with Crippen LogP contribution in [0, 0.1) is 11.6 Å². The third-order valence-electron chi connectivity index (χ3n) is 2.04. The highest BCUT2D eigenvalue weighted by atomic mass is 19.2. The van der Waals surface area contributed by atoms with Crippen LogP contribution in [-0.4, -0.2) is 17.7 Å². The highest BCUT2D eigenvalue weighted by Crippen LogP contribution is 2.28. The maximum atomic E-state index is 12.8. The average Bonchev–Trinajstić information content (AvgIpc) is 2.19. The van der Waals surface area contributed by atoms with Crippen molar-refractivity contribution < 1.29 is 23.4 Å². The van der Waals surface area contributed by atoms with Crippen molar-refractivity contribution in [3.63, 3.8) is 0 Å². The van der Waals surface area contributed by atoms with E-state index in [0.717, 1.165) is 12.1 Å². The van der Waals surface area contributed by atoms with Gasteiger partial charge >= 0.3 is 5.97 Å². The van der Waals surface area contributed by atoms with Crippen molar-refractivity contribution in [3.8, 4) is 5.75 Å². The van der Waals surface area contributed by atoms with E-state index in [1.165, 1.54) is 6.08 Å². The molecule has 0 spiro atoms. The maximum absolute atomic E-state index is 12.8. The van der Waals surface area contributed by atoms with Crippen LogP contribution < -0.4 is 4.74 Å². The molecule has 0 amide bonds. The predicted molar refractivity (Wildman–Crippen MR) is 47.5 cm³/mol. The Hall–Kier alpha value is -1.91. The fourth-order valence-electron chi connectivity index (χ4n) is 1.29. The first-order valence-corrected chi connectivity index (χ1v) is 4.13. The van der Waals surface area contributed by atoms with Gasteiger partial charge in [-0.15, -0.1) is 0 Å². The van der Waals surface area contributed by atoms with E-state index in [0.29, 0.717) is 0 Å². The summed E-state index contributed by atoms with van der Waals surface area (Å²) in [6.07, 6.45) is 1.27. The summed E-state index contributed by atoms with van der Waals surface area (Å²) in [6.45, 7) is -0.145. The fraction of sp³-hybridized carbons (Fsp3) is 0.100. The highest BCUT2D eigenvalue weighted by Gasteiger charge is 2.18. The first kappa shape index (κ1) is 9.64. The van der Waals surface area contributed by atoms with Crippen molar-refractivity contribution in [3.05, 3.63) is 34.9 Å². The van der Waals surface area contributed by atoms with Crippen LogP contribution in [0.3, 0.4) is 0 Å². The quantitative estimate of drug-likeness (QED) is 0.772. The molecular weight excluding hydrogens is 206 g/mol. The van der Waals surface area contributed by atoms with E-state index in [9.17, 15) is 13.6 Å². The molecular formula is C10H6F2O3. The summed E-state index contributed by atoms with van der Waals surface area (Å²) in [6, 6.07) is 1.81. The zero-order valence-corrected chi connectivity index (χ0v) is 7.46. The van der Waals surface area contributed by atoms with Gasteiger partial charge in [0.25, 0.3) is 0 Å². The zero-order valence-electron chi connectivity index (χ0n) is 7.46. The molecule has 15 heavy (non-hydrogen) atoms. The smallest absolute Gasteiger partial charge is 0.335 e. The monoisotopic (exact) mass is 212 g/mol. The standard InChI is InChI=1S/C10H6F2O3/c11-7-2-5-1-6(10(13)14)4-15-9(5)3-8(7)12/h1-3H,4H2,(H,13,14). The Morgan fingerprint density at radius 1 is 1.33 bits per heavy atom. The van der Waals surface area contributed by atoms with Crippen LogP contribution in [0.25, 0.3) is 6.08 Å². The number of hydrogen-bond donors (Lipinski definition) is 1. The lowest BCUT2D eigenvalue weighted by atomic mass is 10.1. The molecule has 0 aromatic heterocycles. The lowest BCUT2D eigenvalue weighted by molar-refractivity contribution is -0.132. The highest BCUT2D eigenvalue weighted by molar-refractivity contribution is 5.93. The first-order valence-electron chi connectivity index (χ1n) is 4.13. The van der Waals surface area contributed by atoms with Crippen LogP contribution in [0.5, 0.6) is 5.75 Å². The summed E-state index contributed by atoms with van der Waals surface area (Å²) in [5.74, 6) is -3.02. The van der Waals surface area contributed by atoms with Crippen molar-refractivity contribution >= 4 is 12.0 Å². The summed E-state index contributed by atoms with van der Waals surface area (Å²) in [5.41, 5.74) is 0.242. The second-order valence-electron chi connectivity index (χ2n) is 3.07. The van der Waals surface area contributed by atoms with Crippen molar-refractivity contribution in [1.82, 2.24) is 0 Å². The number of aliphatic carboxylic acids is 1. The van der Waals surface area contributed by atoms with Crippen LogP contribution in [0.1, 0.15) is 5.56 Å². The SMILES string of the molecule is O=C(O)C1=Cc2cc(F)c(F)cc2OC1. The van der Waals surface area contributed by atoms with E-state index < -0.39 is 17.6 Å². The Bertz CT molecular complexity index is 466. The molecule has 5 heteroatoms. The summed E-state index contributed by atoms with van der Waals surface area (Å²) < 4.78 is 30.6. The second kappa shape index (κ2) is 3.34. The lowest BCUT2D eigenvalue weighted by Gasteiger charge is -2.15. The Balaban J connectivity index is 2.51. The molecule has 3 nitrogen and oxygen atoms in total. The minimum atomic E-state index is -1.13. The van der Waals surface area contributed by atoms with Crippen molar-refractivity contribution in [2.45, 2.75) is 0 Å². The number of benzene rings is 1. The molecule has 0 bridgehead atoms. The van der Waals surface area contributed by atoms with Crippen LogP contribution in [0.15, 0.2) is 17.7 Å². The fourth-order valence-corrected chi connectivity index (χ4v) is 1.29. The molecule has 1 heterocycles. The van der Waals surface area contributed by atoms with Crippen LogP contribution in [0.2, 0.25) is 0 Å². The van der Waals surface area contributed by atoms with E-state index >= 15 is 0 Å².